The summed E-state index contributed by atoms with van der Waals surface area (Å²) in [6.45, 7) is 0. The molecular weight excluding hydrogens is 403 g/mol. The van der Waals surface area contributed by atoms with Gasteiger partial charge in [-0.1, -0.05) is 29.3 Å². The van der Waals surface area contributed by atoms with Crippen LogP contribution in [0, 0.1) is 23.8 Å². The van der Waals surface area contributed by atoms with Crippen LogP contribution in [0.2, 0.25) is 0 Å². The molecule has 0 atom stereocenters. The summed E-state index contributed by atoms with van der Waals surface area (Å²) in [6, 6.07) is 18.6. The second kappa shape index (κ2) is 9.63. The third kappa shape index (κ3) is 5.63. The molecule has 0 spiro atoms. The number of rotatable bonds is 2. The Bertz CT molecular complexity index is 784. The van der Waals surface area contributed by atoms with E-state index in [9.17, 15) is 13.6 Å². The second-order valence-electron chi connectivity index (χ2n) is 4.34. The van der Waals surface area contributed by atoms with Crippen molar-refractivity contribution in [2.75, 3.05) is 0 Å². The molecule has 0 unspecified atom stereocenters. The number of carboxylic acid groups (broad SMARTS) is 1. The first-order chi connectivity index (χ1) is 11.1. The fraction of sp³-hybridized carbons (Fsp3) is 0. The van der Waals surface area contributed by atoms with Crippen molar-refractivity contribution in [2.45, 2.75) is 0 Å². The van der Waals surface area contributed by atoms with Crippen LogP contribution < -0.4 is 0 Å². The number of carboxylic acids is 1. The van der Waals surface area contributed by atoms with Gasteiger partial charge in [-0.15, -0.1) is 42.5 Å². The molecule has 0 amide bonds. The monoisotopic (exact) mass is 414 g/mol. The van der Waals surface area contributed by atoms with Crippen LogP contribution in [0.25, 0.3) is 11.3 Å². The predicted molar refractivity (Wildman–Crippen MR) is 80.7 cm³/mol. The summed E-state index contributed by atoms with van der Waals surface area (Å²) in [5, 5.41) is 8.35. The van der Waals surface area contributed by atoms with Crippen molar-refractivity contribution >= 4 is 5.97 Å². The van der Waals surface area contributed by atoms with Crippen LogP contribution in [0.5, 0.6) is 0 Å². The normalized spacial score (nSPS) is 9.25. The zero-order chi connectivity index (χ0) is 16.7. The summed E-state index contributed by atoms with van der Waals surface area (Å²) in [5.74, 6) is -2.22. The number of aromatic nitrogens is 1. The molecule has 24 heavy (non-hydrogen) atoms. The molecule has 0 saturated carbocycles. The van der Waals surface area contributed by atoms with Crippen LogP contribution >= 0.6 is 0 Å². The molecule has 3 aromatic rings. The molecule has 3 nitrogen and oxygen atoms in total. The first kappa shape index (κ1) is 19.6. The molecule has 0 fully saturated rings. The fourth-order valence-electron chi connectivity index (χ4n) is 1.68. The Morgan fingerprint density at radius 1 is 1.08 bits per heavy atom. The van der Waals surface area contributed by atoms with Crippen molar-refractivity contribution in [2.24, 2.45) is 0 Å². The zero-order valence-electron chi connectivity index (χ0n) is 12.2. The number of pyridine rings is 1. The van der Waals surface area contributed by atoms with Crippen molar-refractivity contribution in [3.8, 4) is 11.3 Å². The Morgan fingerprint density at radius 2 is 1.83 bits per heavy atom. The minimum atomic E-state index is -0.935. The molecule has 3 rings (SSSR count). The molecule has 1 heterocycles. The van der Waals surface area contributed by atoms with Crippen molar-refractivity contribution < 1.29 is 38.2 Å². The number of hydrogen-bond acceptors (Lipinski definition) is 2. The van der Waals surface area contributed by atoms with Gasteiger partial charge in [-0.25, -0.2) is 0 Å². The summed E-state index contributed by atoms with van der Waals surface area (Å²) >= 11 is 0. The van der Waals surface area contributed by atoms with E-state index in [1.54, 1.807) is 42.6 Å². The van der Waals surface area contributed by atoms with Gasteiger partial charge in [0, 0.05) is 17.8 Å². The van der Waals surface area contributed by atoms with Crippen LogP contribution in [0.15, 0.2) is 60.8 Å². The van der Waals surface area contributed by atoms with Gasteiger partial charge in [-0.2, -0.15) is 0 Å². The third-order valence-electron chi connectivity index (χ3n) is 2.72. The first-order valence-corrected chi connectivity index (χ1v) is 6.56. The average molecular weight is 414 g/mol. The molecule has 0 saturated heterocycles. The Kier molecular flexibility index (Phi) is 7.86. The van der Waals surface area contributed by atoms with E-state index in [4.69, 9.17) is 5.11 Å². The van der Waals surface area contributed by atoms with Crippen molar-refractivity contribution in [1.29, 1.82) is 0 Å². The molecule has 6 heteroatoms. The third-order valence-corrected chi connectivity index (χ3v) is 2.72. The van der Waals surface area contributed by atoms with Crippen LogP contribution in [-0.4, -0.2) is 16.1 Å². The number of halogens is 2. The number of benzene rings is 2. The van der Waals surface area contributed by atoms with E-state index >= 15 is 0 Å². The van der Waals surface area contributed by atoms with Gasteiger partial charge in [0.25, 0.3) is 0 Å². The topological polar surface area (TPSA) is 50.2 Å². The Hall–Kier alpha value is -2.46. The van der Waals surface area contributed by atoms with Crippen molar-refractivity contribution in [1.82, 2.24) is 4.98 Å². The summed E-state index contributed by atoms with van der Waals surface area (Å²) in [7, 11) is 0. The van der Waals surface area contributed by atoms with Crippen LogP contribution in [0.4, 0.5) is 8.78 Å². The summed E-state index contributed by atoms with van der Waals surface area (Å²) in [6.07, 6.45) is 1.55. The van der Waals surface area contributed by atoms with Gasteiger partial charge in [-0.3, -0.25) is 8.78 Å². The van der Waals surface area contributed by atoms with E-state index in [-0.39, 0.29) is 30.6 Å². The molecule has 0 bridgehead atoms. The standard InChI is InChI=1S/C11H6F2N.C7H5O2.Rh/c12-8-4-5-9(10(13)7-8)11-3-1-2-6-14-11;8-7(9)6-4-2-1-3-5-6;/h1-4,6-7H;1-4H,(H,8,9);/q2*-1;+2. The molecular formula is C18H11F2NO2Rh. The molecule has 1 N–H and O–H groups in total. The van der Waals surface area contributed by atoms with Gasteiger partial charge in [0.1, 0.15) is 0 Å². The van der Waals surface area contributed by atoms with E-state index in [0.717, 1.165) is 12.1 Å². The number of nitrogens with zero attached hydrogens (tertiary/aromatic N) is 1. The molecule has 0 aliphatic rings. The second-order valence-corrected chi connectivity index (χ2v) is 4.34. The van der Waals surface area contributed by atoms with Gasteiger partial charge in [0.2, 0.25) is 5.97 Å². The van der Waals surface area contributed by atoms with Gasteiger partial charge in [0.05, 0.1) is 0 Å². The van der Waals surface area contributed by atoms with Crippen LogP contribution in [0.1, 0.15) is 10.4 Å². The van der Waals surface area contributed by atoms with Gasteiger partial charge in [0.15, 0.2) is 0 Å². The zero-order valence-corrected chi connectivity index (χ0v) is 13.8. The summed E-state index contributed by atoms with van der Waals surface area (Å²) in [5.41, 5.74) is 0.842. The van der Waals surface area contributed by atoms with E-state index in [1.165, 1.54) is 6.07 Å². The smallest absolute Gasteiger partial charge is 0.521 e. The molecule has 1 aromatic heterocycles. The maximum atomic E-state index is 13.2. The minimum absolute atomic E-state index is 0. The number of hydrogen-bond donors (Lipinski definition) is 1. The summed E-state index contributed by atoms with van der Waals surface area (Å²) in [4.78, 5) is 14.1. The first-order valence-electron chi connectivity index (χ1n) is 6.56. The van der Waals surface area contributed by atoms with Gasteiger partial charge >= 0.3 is 19.5 Å². The Morgan fingerprint density at radius 3 is 2.33 bits per heavy atom. The Balaban J connectivity index is 0.000000252. The Labute approximate surface area is 150 Å². The number of aromatic carboxylic acids is 1. The SMILES string of the molecule is Fc1c[c-]c(-c2ccccn2)c(F)c1.O=C(O)c1[c-]cccc1.[Rh+2]. The van der Waals surface area contributed by atoms with E-state index < -0.39 is 17.6 Å². The molecule has 123 valence electrons. The average Bonchev–Trinajstić information content (AvgIpc) is 2.57. The maximum Gasteiger partial charge on any atom is 2.00 e. The quantitative estimate of drug-likeness (QED) is 0.510. The fourth-order valence-corrected chi connectivity index (χ4v) is 1.68. The van der Waals surface area contributed by atoms with Gasteiger partial charge in [-0.05, 0) is 11.8 Å². The maximum absolute atomic E-state index is 13.2. The van der Waals surface area contributed by atoms with E-state index in [2.05, 4.69) is 17.1 Å². The minimum Gasteiger partial charge on any atom is -0.521 e. The van der Waals surface area contributed by atoms with Crippen molar-refractivity contribution in [3.63, 3.8) is 0 Å². The van der Waals surface area contributed by atoms with E-state index in [0.29, 0.717) is 5.69 Å². The molecule has 0 aliphatic heterocycles. The number of carbonyl (C=O) groups is 1. The van der Waals surface area contributed by atoms with Gasteiger partial charge < -0.3 is 14.9 Å². The largest absolute Gasteiger partial charge is 2.00 e. The van der Waals surface area contributed by atoms with Crippen LogP contribution in [-0.2, 0) is 19.5 Å². The molecule has 0 aliphatic carbocycles. The molecule has 1 radical (unpaired) electrons. The van der Waals surface area contributed by atoms with Crippen molar-refractivity contribution in [3.05, 3.63) is 90.1 Å². The van der Waals surface area contributed by atoms with Crippen LogP contribution in [0.3, 0.4) is 0 Å². The molecule has 2 aromatic carbocycles. The summed E-state index contributed by atoms with van der Waals surface area (Å²) < 4.78 is 25.8. The predicted octanol–water partition coefficient (Wildman–Crippen LogP) is 4.01. The van der Waals surface area contributed by atoms with E-state index in [1.807, 2.05) is 0 Å².